The predicted molar refractivity (Wildman–Crippen MR) is 128 cm³/mol. The van der Waals surface area contributed by atoms with Crippen LogP contribution in [0.25, 0.3) is 11.2 Å². The van der Waals surface area contributed by atoms with Crippen LogP contribution < -0.4 is 21.5 Å². The van der Waals surface area contributed by atoms with E-state index in [1.807, 2.05) is 6.92 Å². The quantitative estimate of drug-likeness (QED) is 0.474. The van der Waals surface area contributed by atoms with E-state index in [1.165, 1.54) is 23.7 Å². The number of nitrogens with zero attached hydrogens (tertiary/aromatic N) is 4. The molecule has 0 saturated carbocycles. The molecular formula is C23H30FN7O3. The van der Waals surface area contributed by atoms with E-state index in [2.05, 4.69) is 37.0 Å². The standard InChI is InChI=1S/C23H30FN7O3/c1-4-30-9-11-31(12-10-30)17-6-5-15(24)13-16(17)14(2)25-19(32)8-7-18-26-20-21(27-18)29(3)23(34)28-22(20)33/h5-6,13-14H,4,7-12H2,1-3H3,(H,25,32)(H,26,27)(H,28,33,34). The maximum Gasteiger partial charge on any atom is 0.329 e. The van der Waals surface area contributed by atoms with Gasteiger partial charge in [-0.3, -0.25) is 19.1 Å². The highest BCUT2D eigenvalue weighted by molar-refractivity contribution is 5.77. The van der Waals surface area contributed by atoms with Gasteiger partial charge in [-0.1, -0.05) is 6.92 Å². The number of aromatic amines is 2. The maximum atomic E-state index is 14.1. The van der Waals surface area contributed by atoms with Crippen LogP contribution in [0.2, 0.25) is 0 Å². The Labute approximate surface area is 195 Å². The van der Waals surface area contributed by atoms with Crippen molar-refractivity contribution in [1.29, 1.82) is 0 Å². The minimum absolute atomic E-state index is 0.121. The Morgan fingerprint density at radius 3 is 2.65 bits per heavy atom. The maximum absolute atomic E-state index is 14.1. The first-order valence-electron chi connectivity index (χ1n) is 11.5. The number of anilines is 1. The predicted octanol–water partition coefficient (Wildman–Crippen LogP) is 1.04. The Morgan fingerprint density at radius 1 is 1.21 bits per heavy atom. The second-order valence-electron chi connectivity index (χ2n) is 8.61. The lowest BCUT2D eigenvalue weighted by molar-refractivity contribution is -0.121. The molecule has 3 N–H and O–H groups in total. The molecule has 1 aliphatic rings. The van der Waals surface area contributed by atoms with Gasteiger partial charge in [0, 0.05) is 57.3 Å². The number of H-pyrrole nitrogens is 2. The number of halogens is 1. The van der Waals surface area contributed by atoms with E-state index < -0.39 is 11.2 Å². The number of hydrogen-bond donors (Lipinski definition) is 3. The van der Waals surface area contributed by atoms with Gasteiger partial charge in [-0.25, -0.2) is 14.2 Å². The lowest BCUT2D eigenvalue weighted by atomic mass is 10.0. The fourth-order valence-electron chi connectivity index (χ4n) is 4.36. The van der Waals surface area contributed by atoms with Gasteiger partial charge in [0.1, 0.15) is 17.2 Å². The average molecular weight is 472 g/mol. The summed E-state index contributed by atoms with van der Waals surface area (Å²) in [6.45, 7) is 8.57. The molecule has 34 heavy (non-hydrogen) atoms. The molecule has 1 aromatic carbocycles. The smallest absolute Gasteiger partial charge is 0.329 e. The van der Waals surface area contributed by atoms with Crippen molar-refractivity contribution in [2.45, 2.75) is 32.7 Å². The van der Waals surface area contributed by atoms with Crippen molar-refractivity contribution >= 4 is 22.8 Å². The molecular weight excluding hydrogens is 441 g/mol. The summed E-state index contributed by atoms with van der Waals surface area (Å²) in [6, 6.07) is 4.33. The molecule has 3 aromatic rings. The lowest BCUT2D eigenvalue weighted by Crippen LogP contribution is -2.46. The molecule has 0 aliphatic carbocycles. The minimum atomic E-state index is -0.552. The number of aromatic nitrogens is 4. The summed E-state index contributed by atoms with van der Waals surface area (Å²) >= 11 is 0. The van der Waals surface area contributed by atoms with Crippen LogP contribution in [0.15, 0.2) is 27.8 Å². The van der Waals surface area contributed by atoms with Crippen LogP contribution in [-0.2, 0) is 18.3 Å². The Morgan fingerprint density at radius 2 is 1.94 bits per heavy atom. The van der Waals surface area contributed by atoms with Crippen molar-refractivity contribution in [1.82, 2.24) is 29.7 Å². The van der Waals surface area contributed by atoms with E-state index in [-0.39, 0.29) is 41.8 Å². The van der Waals surface area contributed by atoms with E-state index in [0.29, 0.717) is 5.82 Å². The fraction of sp³-hybridized carbons (Fsp3) is 0.478. The zero-order chi connectivity index (χ0) is 24.4. The molecule has 10 nitrogen and oxygen atoms in total. The number of imidazole rings is 1. The Balaban J connectivity index is 1.43. The van der Waals surface area contributed by atoms with Crippen LogP contribution in [0.3, 0.4) is 0 Å². The second-order valence-corrected chi connectivity index (χ2v) is 8.61. The number of likely N-dealkylation sites (N-methyl/N-ethyl adjacent to an activating group) is 1. The van der Waals surface area contributed by atoms with Gasteiger partial charge in [-0.15, -0.1) is 0 Å². The minimum Gasteiger partial charge on any atom is -0.369 e. The van der Waals surface area contributed by atoms with E-state index in [0.717, 1.165) is 44.0 Å². The molecule has 182 valence electrons. The van der Waals surface area contributed by atoms with Crippen LogP contribution >= 0.6 is 0 Å². The molecule has 1 saturated heterocycles. The van der Waals surface area contributed by atoms with Crippen LogP contribution in [-0.4, -0.2) is 63.0 Å². The highest BCUT2D eigenvalue weighted by Gasteiger charge is 2.22. The third-order valence-electron chi connectivity index (χ3n) is 6.39. The van der Waals surface area contributed by atoms with Crippen LogP contribution in [0.5, 0.6) is 0 Å². The molecule has 1 unspecified atom stereocenters. The van der Waals surface area contributed by atoms with Gasteiger partial charge in [0.15, 0.2) is 5.65 Å². The van der Waals surface area contributed by atoms with Crippen LogP contribution in [0.1, 0.15) is 37.7 Å². The Bertz CT molecular complexity index is 1300. The van der Waals surface area contributed by atoms with Gasteiger partial charge in [0.2, 0.25) is 5.91 Å². The average Bonchev–Trinajstić information content (AvgIpc) is 3.26. The summed E-state index contributed by atoms with van der Waals surface area (Å²) in [7, 11) is 1.51. The number of amides is 1. The molecule has 11 heteroatoms. The second kappa shape index (κ2) is 9.80. The van der Waals surface area contributed by atoms with Gasteiger partial charge in [-0.05, 0) is 31.7 Å². The summed E-state index contributed by atoms with van der Waals surface area (Å²) in [5.74, 6) is -0.128. The number of hydrogen-bond acceptors (Lipinski definition) is 6. The van der Waals surface area contributed by atoms with Gasteiger partial charge in [-0.2, -0.15) is 0 Å². The molecule has 4 rings (SSSR count). The lowest BCUT2D eigenvalue weighted by Gasteiger charge is -2.37. The van der Waals surface area contributed by atoms with E-state index in [1.54, 1.807) is 6.07 Å². The first-order chi connectivity index (χ1) is 16.3. The van der Waals surface area contributed by atoms with Gasteiger partial charge < -0.3 is 20.1 Å². The molecule has 1 fully saturated rings. The van der Waals surface area contributed by atoms with Crippen molar-refractivity contribution in [2.24, 2.45) is 7.05 Å². The van der Waals surface area contributed by atoms with Crippen molar-refractivity contribution in [3.8, 4) is 0 Å². The van der Waals surface area contributed by atoms with Gasteiger partial charge >= 0.3 is 5.69 Å². The number of piperazine rings is 1. The molecule has 1 atom stereocenters. The summed E-state index contributed by atoms with van der Waals surface area (Å²) < 4.78 is 15.3. The topological polar surface area (TPSA) is 119 Å². The number of fused-ring (bicyclic) bond motifs is 1. The molecule has 1 amide bonds. The molecule has 0 bridgehead atoms. The SMILES string of the molecule is CCN1CCN(c2ccc(F)cc2C(C)NC(=O)CCc2nc3c([nH]2)c(=O)[nH]c(=O)n3C)CC1. The Kier molecular flexibility index (Phi) is 6.82. The van der Waals surface area contributed by atoms with Gasteiger partial charge in [0.05, 0.1) is 6.04 Å². The third kappa shape index (κ3) is 4.89. The largest absolute Gasteiger partial charge is 0.369 e. The third-order valence-corrected chi connectivity index (χ3v) is 6.39. The zero-order valence-corrected chi connectivity index (χ0v) is 19.7. The van der Waals surface area contributed by atoms with Gasteiger partial charge in [0.25, 0.3) is 5.56 Å². The summed E-state index contributed by atoms with van der Waals surface area (Å²) in [4.78, 5) is 50.4. The normalized spacial score (nSPS) is 15.6. The van der Waals surface area contributed by atoms with E-state index >= 15 is 0 Å². The summed E-state index contributed by atoms with van der Waals surface area (Å²) in [5, 5.41) is 2.95. The molecule has 0 spiro atoms. The number of nitrogens with one attached hydrogen (secondary N) is 3. The van der Waals surface area contributed by atoms with Crippen molar-refractivity contribution in [3.63, 3.8) is 0 Å². The van der Waals surface area contributed by atoms with Crippen molar-refractivity contribution in [3.05, 3.63) is 56.2 Å². The fourth-order valence-corrected chi connectivity index (χ4v) is 4.36. The molecule has 3 heterocycles. The number of benzene rings is 1. The first kappa shape index (κ1) is 23.7. The Hall–Kier alpha value is -3.47. The molecule has 1 aliphatic heterocycles. The van der Waals surface area contributed by atoms with Crippen LogP contribution in [0.4, 0.5) is 10.1 Å². The van der Waals surface area contributed by atoms with Crippen LogP contribution in [0, 0.1) is 5.82 Å². The summed E-state index contributed by atoms with van der Waals surface area (Å²) in [5.41, 5.74) is 1.01. The molecule has 0 radical (unpaired) electrons. The summed E-state index contributed by atoms with van der Waals surface area (Å²) in [6.07, 6.45) is 0.381. The number of aryl methyl sites for hydroxylation is 2. The van der Waals surface area contributed by atoms with E-state index in [9.17, 15) is 18.8 Å². The zero-order valence-electron chi connectivity index (χ0n) is 19.7. The molecule has 2 aromatic heterocycles. The van der Waals surface area contributed by atoms with Crippen molar-refractivity contribution < 1.29 is 9.18 Å². The highest BCUT2D eigenvalue weighted by atomic mass is 19.1. The monoisotopic (exact) mass is 471 g/mol. The van der Waals surface area contributed by atoms with E-state index in [4.69, 9.17) is 0 Å². The van der Waals surface area contributed by atoms with Crippen molar-refractivity contribution in [2.75, 3.05) is 37.6 Å². The number of rotatable bonds is 7. The first-order valence-corrected chi connectivity index (χ1v) is 11.5. The number of carbonyl (C=O) groups is 1. The highest BCUT2D eigenvalue weighted by Crippen LogP contribution is 2.28. The number of carbonyl (C=O) groups excluding carboxylic acids is 1.